The summed E-state index contributed by atoms with van der Waals surface area (Å²) >= 11 is 0. The molecule has 3 aliphatic rings. The molecule has 108 valence electrons. The molecule has 0 aromatic heterocycles. The fraction of sp³-hybridized carbons (Fsp3) is 0.600. The van der Waals surface area contributed by atoms with Crippen molar-refractivity contribution in [2.24, 2.45) is 11.8 Å². The summed E-state index contributed by atoms with van der Waals surface area (Å²) in [6.45, 7) is 9.61. The summed E-state index contributed by atoms with van der Waals surface area (Å²) in [5.74, 6) is -1.61. The molecule has 20 heavy (non-hydrogen) atoms. The van der Waals surface area contributed by atoms with Crippen LogP contribution in [0.2, 0.25) is 0 Å². The van der Waals surface area contributed by atoms with Crippen molar-refractivity contribution < 1.29 is 19.1 Å². The molecule has 5 heteroatoms. The molecule has 2 bridgehead atoms. The summed E-state index contributed by atoms with van der Waals surface area (Å²) in [5, 5.41) is 2.82. The largest absolute Gasteiger partial charge is 0.348 e. The predicted molar refractivity (Wildman–Crippen MR) is 71.7 cm³/mol. The average Bonchev–Trinajstić information content (AvgIpc) is 2.83. The zero-order valence-corrected chi connectivity index (χ0v) is 11.9. The van der Waals surface area contributed by atoms with Crippen LogP contribution >= 0.6 is 0 Å². The number of amides is 1. The third-order valence-corrected chi connectivity index (χ3v) is 4.51. The van der Waals surface area contributed by atoms with Gasteiger partial charge in [-0.05, 0) is 26.8 Å². The molecule has 2 fully saturated rings. The summed E-state index contributed by atoms with van der Waals surface area (Å²) in [7, 11) is 0. The average molecular weight is 277 g/mol. The monoisotopic (exact) mass is 277 g/mol. The molecule has 1 amide bonds. The highest BCUT2D eigenvalue weighted by Gasteiger charge is 2.62. The zero-order valence-electron chi connectivity index (χ0n) is 11.9. The maximum absolute atomic E-state index is 12.4. The predicted octanol–water partition coefficient (Wildman–Crippen LogP) is 0.954. The van der Waals surface area contributed by atoms with Gasteiger partial charge in [0, 0.05) is 5.92 Å². The normalized spacial score (nSPS) is 42.4. The van der Waals surface area contributed by atoms with Crippen LogP contribution in [-0.2, 0) is 19.1 Å². The van der Waals surface area contributed by atoms with Crippen LogP contribution in [0, 0.1) is 11.8 Å². The lowest BCUT2D eigenvalue weighted by atomic mass is 9.68. The molecule has 3 rings (SSSR count). The first-order valence-electron chi connectivity index (χ1n) is 6.81. The van der Waals surface area contributed by atoms with E-state index < -0.39 is 11.3 Å². The van der Waals surface area contributed by atoms with E-state index >= 15 is 0 Å². The summed E-state index contributed by atoms with van der Waals surface area (Å²) in [6.07, 6.45) is 2.77. The maximum atomic E-state index is 12.4. The summed E-state index contributed by atoms with van der Waals surface area (Å²) < 4.78 is 11.5. The number of rotatable bonds is 2. The van der Waals surface area contributed by atoms with Crippen LogP contribution in [0.4, 0.5) is 0 Å². The molecule has 0 aromatic rings. The van der Waals surface area contributed by atoms with E-state index in [-0.39, 0.29) is 29.6 Å². The first-order chi connectivity index (χ1) is 9.31. The van der Waals surface area contributed by atoms with Crippen LogP contribution < -0.4 is 5.32 Å². The number of nitrogens with one attached hydrogen (secondary N) is 1. The fourth-order valence-corrected chi connectivity index (χ4v) is 3.61. The van der Waals surface area contributed by atoms with E-state index in [2.05, 4.69) is 11.9 Å². The second kappa shape index (κ2) is 4.02. The van der Waals surface area contributed by atoms with E-state index in [9.17, 15) is 9.59 Å². The van der Waals surface area contributed by atoms with Crippen LogP contribution in [-0.4, -0.2) is 35.7 Å². The van der Waals surface area contributed by atoms with Crippen molar-refractivity contribution >= 4 is 11.7 Å². The molecule has 5 nitrogen and oxygen atoms in total. The second-order valence-corrected chi connectivity index (χ2v) is 6.19. The minimum absolute atomic E-state index is 0.134. The molecule has 1 aliphatic carbocycles. The number of hydrogen-bond donors (Lipinski definition) is 1. The standard InChI is InChI=1S/C15H19NO4/c1-5-15-10(17)6-8(2)11(13(18)16-15)12(15)9-7-19-14(3,4)20-9/h5-6,9,11-12H,1,7H2,2-4H3,(H,16,18)/t9-,11-,12+,15+/m1/s1. The molecule has 0 aromatic carbocycles. The Morgan fingerprint density at radius 1 is 1.45 bits per heavy atom. The van der Waals surface area contributed by atoms with Crippen LogP contribution in [0.15, 0.2) is 24.3 Å². The molecular weight excluding hydrogens is 258 g/mol. The fourth-order valence-electron chi connectivity index (χ4n) is 3.61. The Labute approximate surface area is 118 Å². The highest BCUT2D eigenvalue weighted by Crippen LogP contribution is 2.47. The molecular formula is C15H19NO4. The van der Waals surface area contributed by atoms with E-state index in [1.54, 1.807) is 6.08 Å². The van der Waals surface area contributed by atoms with Gasteiger partial charge >= 0.3 is 0 Å². The first-order valence-corrected chi connectivity index (χ1v) is 6.81. The van der Waals surface area contributed by atoms with Gasteiger partial charge in [0.15, 0.2) is 11.6 Å². The number of ether oxygens (including phenoxy) is 2. The van der Waals surface area contributed by atoms with Crippen LogP contribution in [0.3, 0.4) is 0 Å². The first kappa shape index (κ1) is 13.5. The Morgan fingerprint density at radius 3 is 2.70 bits per heavy atom. The van der Waals surface area contributed by atoms with Crippen molar-refractivity contribution in [3.05, 3.63) is 24.3 Å². The van der Waals surface area contributed by atoms with Crippen molar-refractivity contribution in [2.45, 2.75) is 38.2 Å². The van der Waals surface area contributed by atoms with E-state index in [0.29, 0.717) is 6.61 Å². The minimum Gasteiger partial charge on any atom is -0.348 e. The van der Waals surface area contributed by atoms with Crippen molar-refractivity contribution in [3.8, 4) is 0 Å². The summed E-state index contributed by atoms with van der Waals surface area (Å²) in [4.78, 5) is 24.7. The quantitative estimate of drug-likeness (QED) is 0.763. The Kier molecular flexibility index (Phi) is 2.72. The molecule has 1 N–H and O–H groups in total. The van der Waals surface area contributed by atoms with Crippen molar-refractivity contribution in [3.63, 3.8) is 0 Å². The lowest BCUT2D eigenvalue weighted by Crippen LogP contribution is -2.56. The van der Waals surface area contributed by atoms with Crippen LogP contribution in [0.1, 0.15) is 20.8 Å². The minimum atomic E-state index is -1.06. The van der Waals surface area contributed by atoms with E-state index in [0.717, 1.165) is 5.57 Å². The van der Waals surface area contributed by atoms with Gasteiger partial charge in [-0.1, -0.05) is 11.6 Å². The Bertz CT molecular complexity index is 536. The molecule has 2 saturated heterocycles. The van der Waals surface area contributed by atoms with Crippen molar-refractivity contribution in [1.29, 1.82) is 0 Å². The van der Waals surface area contributed by atoms with E-state index in [1.165, 1.54) is 6.08 Å². The van der Waals surface area contributed by atoms with E-state index in [4.69, 9.17) is 9.47 Å². The third kappa shape index (κ3) is 1.63. The smallest absolute Gasteiger partial charge is 0.228 e. The molecule has 0 saturated carbocycles. The number of hydrogen-bond acceptors (Lipinski definition) is 4. The summed E-state index contributed by atoms with van der Waals surface area (Å²) in [5.41, 5.74) is -0.281. The molecule has 4 atom stereocenters. The van der Waals surface area contributed by atoms with Gasteiger partial charge in [-0.15, -0.1) is 6.58 Å². The van der Waals surface area contributed by atoms with Gasteiger partial charge in [0.25, 0.3) is 0 Å². The number of carbonyl (C=O) groups is 2. The van der Waals surface area contributed by atoms with Gasteiger partial charge in [0.1, 0.15) is 5.54 Å². The zero-order chi connectivity index (χ0) is 14.7. The lowest BCUT2D eigenvalue weighted by molar-refractivity contribution is -0.150. The van der Waals surface area contributed by atoms with Crippen LogP contribution in [0.5, 0.6) is 0 Å². The summed E-state index contributed by atoms with van der Waals surface area (Å²) in [6, 6.07) is 0. The second-order valence-electron chi connectivity index (χ2n) is 6.19. The van der Waals surface area contributed by atoms with E-state index in [1.807, 2.05) is 20.8 Å². The van der Waals surface area contributed by atoms with Gasteiger partial charge in [0.05, 0.1) is 18.6 Å². The molecule has 0 spiro atoms. The molecule has 2 heterocycles. The Morgan fingerprint density at radius 2 is 2.15 bits per heavy atom. The highest BCUT2D eigenvalue weighted by molar-refractivity contribution is 6.09. The number of ketones is 1. The van der Waals surface area contributed by atoms with Crippen molar-refractivity contribution in [2.75, 3.05) is 6.61 Å². The topological polar surface area (TPSA) is 64.6 Å². The van der Waals surface area contributed by atoms with Gasteiger partial charge < -0.3 is 14.8 Å². The SMILES string of the molecule is C=C[C@]12NC(=O)[C@H](C(C)=CC1=O)[C@@H]2[C@H]1COC(C)(C)O1. The van der Waals surface area contributed by atoms with Crippen molar-refractivity contribution in [1.82, 2.24) is 5.32 Å². The Balaban J connectivity index is 2.05. The van der Waals surface area contributed by atoms with Crippen LogP contribution in [0.25, 0.3) is 0 Å². The number of fused-ring (bicyclic) bond motifs is 2. The third-order valence-electron chi connectivity index (χ3n) is 4.51. The van der Waals surface area contributed by atoms with Gasteiger partial charge in [-0.2, -0.15) is 0 Å². The molecule has 0 unspecified atom stereocenters. The maximum Gasteiger partial charge on any atom is 0.228 e. The van der Waals surface area contributed by atoms with Gasteiger partial charge in [-0.25, -0.2) is 0 Å². The lowest BCUT2D eigenvalue weighted by Gasteiger charge is -2.37. The molecule has 2 aliphatic heterocycles. The number of carbonyl (C=O) groups excluding carboxylic acids is 2. The highest BCUT2D eigenvalue weighted by atomic mass is 16.7. The molecule has 0 radical (unpaired) electrons. The van der Waals surface area contributed by atoms with Gasteiger partial charge in [0.2, 0.25) is 5.91 Å². The van der Waals surface area contributed by atoms with Gasteiger partial charge in [-0.3, -0.25) is 9.59 Å². The Hall–Kier alpha value is -1.46.